The fourth-order valence-corrected chi connectivity index (χ4v) is 4.59. The Balaban J connectivity index is 2.01. The lowest BCUT2D eigenvalue weighted by Crippen LogP contribution is -2.55. The smallest absolute Gasteiger partial charge is 0.408 e. The lowest BCUT2D eigenvalue weighted by Gasteiger charge is -2.27. The third-order valence-corrected chi connectivity index (χ3v) is 7.38. The largest absolute Gasteiger partial charge is 0.467 e. The van der Waals surface area contributed by atoms with Gasteiger partial charge in [-0.2, -0.15) is 0 Å². The fraction of sp³-hybridized carbons (Fsp3) is 0.500. The molecule has 0 spiro atoms. The molecule has 2 aromatic rings. The SMILES string of the molecule is COC(=O)C(NC(=O)C(NC(=O)CC[C@H](O)[C@H](Cc1ccccc1)NC(=O)[C@H](C)NC(=O)OCc1ccccc1)C(C)C)C(C)C. The minimum Gasteiger partial charge on any atom is -0.467 e. The Hall–Kier alpha value is -4.45. The third-order valence-electron chi connectivity index (χ3n) is 7.38. The number of aliphatic hydroxyl groups is 1. The van der Waals surface area contributed by atoms with Crippen molar-refractivity contribution in [1.82, 2.24) is 21.3 Å². The molecule has 5 N–H and O–H groups in total. The average molecular weight is 641 g/mol. The first-order chi connectivity index (χ1) is 21.8. The van der Waals surface area contributed by atoms with Gasteiger partial charge in [0, 0.05) is 6.42 Å². The van der Waals surface area contributed by atoms with Crippen LogP contribution in [0.2, 0.25) is 0 Å². The summed E-state index contributed by atoms with van der Waals surface area (Å²) in [7, 11) is 1.24. The molecule has 0 heterocycles. The number of rotatable bonds is 17. The van der Waals surface area contributed by atoms with Crippen LogP contribution in [0.15, 0.2) is 60.7 Å². The highest BCUT2D eigenvalue weighted by Gasteiger charge is 2.31. The maximum atomic E-state index is 13.0. The molecular weight excluding hydrogens is 592 g/mol. The Kier molecular flexibility index (Phi) is 15.7. The summed E-state index contributed by atoms with van der Waals surface area (Å²) < 4.78 is 9.99. The van der Waals surface area contributed by atoms with E-state index in [0.717, 1.165) is 11.1 Å². The predicted octanol–water partition coefficient (Wildman–Crippen LogP) is 2.62. The summed E-state index contributed by atoms with van der Waals surface area (Å²) in [4.78, 5) is 63.4. The molecule has 0 bridgehead atoms. The van der Waals surface area contributed by atoms with Gasteiger partial charge in [0.25, 0.3) is 0 Å². The molecular formula is C34H48N4O8. The number of benzene rings is 2. The summed E-state index contributed by atoms with van der Waals surface area (Å²) in [6.07, 6.45) is -1.79. The summed E-state index contributed by atoms with van der Waals surface area (Å²) in [5, 5.41) is 21.8. The molecule has 2 aromatic carbocycles. The molecule has 5 atom stereocenters. The van der Waals surface area contributed by atoms with E-state index in [1.807, 2.05) is 60.7 Å². The number of alkyl carbamates (subject to hydrolysis) is 1. The van der Waals surface area contributed by atoms with Crippen molar-refractivity contribution in [3.63, 3.8) is 0 Å². The predicted molar refractivity (Wildman–Crippen MR) is 172 cm³/mol. The molecule has 46 heavy (non-hydrogen) atoms. The van der Waals surface area contributed by atoms with Gasteiger partial charge in [0.2, 0.25) is 17.7 Å². The van der Waals surface area contributed by atoms with Crippen molar-refractivity contribution in [1.29, 1.82) is 0 Å². The van der Waals surface area contributed by atoms with Gasteiger partial charge in [-0.1, -0.05) is 88.4 Å². The van der Waals surface area contributed by atoms with E-state index in [1.54, 1.807) is 27.7 Å². The van der Waals surface area contributed by atoms with Crippen LogP contribution in [0.5, 0.6) is 0 Å². The van der Waals surface area contributed by atoms with Crippen LogP contribution >= 0.6 is 0 Å². The number of carbonyl (C=O) groups is 5. The van der Waals surface area contributed by atoms with Crippen LogP contribution in [-0.4, -0.2) is 72.3 Å². The number of esters is 1. The molecule has 0 radical (unpaired) electrons. The topological polar surface area (TPSA) is 172 Å². The number of ether oxygens (including phenoxy) is 2. The van der Waals surface area contributed by atoms with E-state index < -0.39 is 60.1 Å². The second kappa shape index (κ2) is 19.2. The van der Waals surface area contributed by atoms with Gasteiger partial charge in [-0.3, -0.25) is 14.4 Å². The van der Waals surface area contributed by atoms with E-state index in [4.69, 9.17) is 9.47 Å². The van der Waals surface area contributed by atoms with Crippen molar-refractivity contribution >= 4 is 29.8 Å². The summed E-state index contributed by atoms with van der Waals surface area (Å²) in [6.45, 7) is 8.61. The van der Waals surface area contributed by atoms with Crippen molar-refractivity contribution in [3.8, 4) is 0 Å². The summed E-state index contributed by atoms with van der Waals surface area (Å²) >= 11 is 0. The van der Waals surface area contributed by atoms with Crippen LogP contribution in [-0.2, 0) is 41.7 Å². The zero-order chi connectivity index (χ0) is 34.2. The first-order valence-electron chi connectivity index (χ1n) is 15.5. The molecule has 4 amide bonds. The average Bonchev–Trinajstić information content (AvgIpc) is 3.03. The highest BCUT2D eigenvalue weighted by molar-refractivity contribution is 5.91. The molecule has 12 heteroatoms. The summed E-state index contributed by atoms with van der Waals surface area (Å²) in [5.74, 6) is -2.65. The van der Waals surface area contributed by atoms with Crippen LogP contribution in [0.3, 0.4) is 0 Å². The number of nitrogens with one attached hydrogen (secondary N) is 4. The monoisotopic (exact) mass is 640 g/mol. The van der Waals surface area contributed by atoms with Crippen molar-refractivity contribution in [2.75, 3.05) is 7.11 Å². The molecule has 0 fully saturated rings. The van der Waals surface area contributed by atoms with Crippen molar-refractivity contribution in [3.05, 3.63) is 71.8 Å². The zero-order valence-corrected chi connectivity index (χ0v) is 27.4. The molecule has 12 nitrogen and oxygen atoms in total. The van der Waals surface area contributed by atoms with Gasteiger partial charge < -0.3 is 35.8 Å². The Morgan fingerprint density at radius 3 is 1.83 bits per heavy atom. The molecule has 252 valence electrons. The molecule has 0 saturated carbocycles. The maximum absolute atomic E-state index is 13.0. The van der Waals surface area contributed by atoms with Crippen LogP contribution in [0.4, 0.5) is 4.79 Å². The second-order valence-electron chi connectivity index (χ2n) is 11.9. The Morgan fingerprint density at radius 2 is 1.28 bits per heavy atom. The minimum absolute atomic E-state index is 0.0201. The zero-order valence-electron chi connectivity index (χ0n) is 27.4. The highest BCUT2D eigenvalue weighted by Crippen LogP contribution is 2.13. The van der Waals surface area contributed by atoms with Crippen molar-refractivity contribution in [2.45, 2.75) is 90.8 Å². The molecule has 0 aliphatic rings. The lowest BCUT2D eigenvalue weighted by atomic mass is 9.97. The minimum atomic E-state index is -1.14. The third kappa shape index (κ3) is 12.9. The summed E-state index contributed by atoms with van der Waals surface area (Å²) in [5.41, 5.74) is 1.65. The van der Waals surface area contributed by atoms with E-state index in [2.05, 4.69) is 21.3 Å². The van der Waals surface area contributed by atoms with Gasteiger partial charge in [0.1, 0.15) is 24.7 Å². The van der Waals surface area contributed by atoms with Crippen LogP contribution in [0.1, 0.15) is 58.6 Å². The lowest BCUT2D eigenvalue weighted by molar-refractivity contribution is -0.146. The maximum Gasteiger partial charge on any atom is 0.408 e. The van der Waals surface area contributed by atoms with Gasteiger partial charge >= 0.3 is 12.1 Å². The van der Waals surface area contributed by atoms with Crippen LogP contribution in [0, 0.1) is 11.8 Å². The van der Waals surface area contributed by atoms with Gasteiger partial charge in [0.05, 0.1) is 19.3 Å². The number of hydrogen-bond donors (Lipinski definition) is 5. The molecule has 0 aromatic heterocycles. The first kappa shape index (κ1) is 37.7. The number of hydrogen-bond acceptors (Lipinski definition) is 8. The van der Waals surface area contributed by atoms with Crippen LogP contribution < -0.4 is 21.3 Å². The molecule has 0 saturated heterocycles. The van der Waals surface area contributed by atoms with E-state index in [-0.39, 0.29) is 37.7 Å². The molecule has 2 rings (SSSR count). The number of amides is 4. The highest BCUT2D eigenvalue weighted by atomic mass is 16.5. The van der Waals surface area contributed by atoms with E-state index >= 15 is 0 Å². The van der Waals surface area contributed by atoms with E-state index in [9.17, 15) is 29.1 Å². The second-order valence-corrected chi connectivity index (χ2v) is 11.9. The van der Waals surface area contributed by atoms with Gasteiger partial charge in [-0.15, -0.1) is 0 Å². The molecule has 0 aliphatic heterocycles. The Morgan fingerprint density at radius 1 is 0.717 bits per heavy atom. The van der Waals surface area contributed by atoms with Gasteiger partial charge in [-0.25, -0.2) is 9.59 Å². The normalized spacial score (nSPS) is 14.3. The quantitative estimate of drug-likeness (QED) is 0.164. The fourth-order valence-electron chi connectivity index (χ4n) is 4.59. The van der Waals surface area contributed by atoms with Crippen molar-refractivity contribution < 1.29 is 38.6 Å². The number of methoxy groups -OCH3 is 1. The standard InChI is InChI=1S/C34H48N4O8/c1-21(2)29(32(42)38-30(22(3)4)33(43)45-6)37-28(40)18-17-27(39)26(19-24-13-9-7-10-14-24)36-31(41)23(5)35-34(44)46-20-25-15-11-8-12-16-25/h7-16,21-23,26-27,29-30,39H,17-20H2,1-6H3,(H,35,44)(H,36,41)(H,37,40)(H,38,42)/t23-,26-,27-,29?,30?/m0/s1. The van der Waals surface area contributed by atoms with E-state index in [1.165, 1.54) is 14.0 Å². The van der Waals surface area contributed by atoms with E-state index in [0.29, 0.717) is 0 Å². The van der Waals surface area contributed by atoms with Crippen LogP contribution in [0.25, 0.3) is 0 Å². The Labute approximate surface area is 271 Å². The van der Waals surface area contributed by atoms with Crippen molar-refractivity contribution in [2.24, 2.45) is 11.8 Å². The summed E-state index contributed by atoms with van der Waals surface area (Å²) in [6, 6.07) is 14.8. The first-order valence-corrected chi connectivity index (χ1v) is 15.5. The number of aliphatic hydroxyl groups excluding tert-OH is 1. The molecule has 0 aliphatic carbocycles. The van der Waals surface area contributed by atoms with Gasteiger partial charge in [0.15, 0.2) is 0 Å². The Bertz CT molecular complexity index is 1270. The molecule has 2 unspecified atom stereocenters. The van der Waals surface area contributed by atoms with Gasteiger partial charge in [-0.05, 0) is 42.7 Å². The number of carbonyl (C=O) groups excluding carboxylic acids is 5.